The van der Waals surface area contributed by atoms with Gasteiger partial charge >= 0.3 is 5.97 Å². The number of carbonyl (C=O) groups excluding carboxylic acids is 4. The molecule has 1 atom stereocenters. The van der Waals surface area contributed by atoms with Crippen LogP contribution in [0.15, 0.2) is 24.3 Å². The highest BCUT2D eigenvalue weighted by Gasteiger charge is 2.41. The summed E-state index contributed by atoms with van der Waals surface area (Å²) in [7, 11) is -2.24. The number of fused-ring (bicyclic) bond motifs is 1. The second-order valence-corrected chi connectivity index (χ2v) is 15.9. The van der Waals surface area contributed by atoms with Crippen LogP contribution in [0.2, 0.25) is 18.1 Å². The van der Waals surface area contributed by atoms with Crippen LogP contribution in [0.5, 0.6) is 0 Å². The molecule has 0 saturated carbocycles. The summed E-state index contributed by atoms with van der Waals surface area (Å²) in [6.07, 6.45) is -0.501. The molecule has 0 saturated heterocycles. The number of imide groups is 1. The summed E-state index contributed by atoms with van der Waals surface area (Å²) >= 11 is 0. The van der Waals surface area contributed by atoms with E-state index < -0.39 is 26.0 Å². The van der Waals surface area contributed by atoms with Crippen LogP contribution in [-0.2, 0) is 18.8 Å². The van der Waals surface area contributed by atoms with Crippen LogP contribution < -0.4 is 0 Å². The van der Waals surface area contributed by atoms with Crippen molar-refractivity contribution in [3.63, 3.8) is 0 Å². The predicted octanol–water partition coefficient (Wildman–Crippen LogP) is 4.75. The Hall–Kier alpha value is -2.32. The minimum atomic E-state index is -2.24. The molecule has 0 N–H and O–H groups in total. The first kappa shape index (κ1) is 26.9. The van der Waals surface area contributed by atoms with Gasteiger partial charge in [-0.3, -0.25) is 24.1 Å². The van der Waals surface area contributed by atoms with Gasteiger partial charge < -0.3 is 9.16 Å². The number of Topliss-reactive ketones (excluding diaryl/α,β-unsaturated/α-hetero) is 1. The number of rotatable bonds is 9. The van der Waals surface area contributed by atoms with Crippen LogP contribution in [0.4, 0.5) is 0 Å². The zero-order valence-electron chi connectivity index (χ0n) is 21.1. The van der Waals surface area contributed by atoms with Gasteiger partial charge in [-0.2, -0.15) is 0 Å². The van der Waals surface area contributed by atoms with Crippen LogP contribution in [0, 0.1) is 0 Å². The Labute approximate surface area is 197 Å². The molecule has 7 nitrogen and oxygen atoms in total. The van der Waals surface area contributed by atoms with Gasteiger partial charge in [-0.05, 0) is 57.5 Å². The van der Waals surface area contributed by atoms with E-state index in [1.807, 2.05) is 0 Å². The molecule has 2 rings (SSSR count). The Morgan fingerprint density at radius 2 is 1.48 bits per heavy atom. The number of amides is 2. The summed E-state index contributed by atoms with van der Waals surface area (Å²) < 4.78 is 11.7. The predicted molar refractivity (Wildman–Crippen MR) is 129 cm³/mol. The maximum absolute atomic E-state index is 12.7. The summed E-state index contributed by atoms with van der Waals surface area (Å²) in [6.45, 7) is 15.9. The minimum Gasteiger partial charge on any atom is -0.460 e. The number of ether oxygens (including phenoxy) is 1. The lowest BCUT2D eigenvalue weighted by atomic mass is 10.1. The molecule has 0 aromatic heterocycles. The highest BCUT2D eigenvalue weighted by Crippen LogP contribution is 2.38. The van der Waals surface area contributed by atoms with Crippen LogP contribution in [0.25, 0.3) is 0 Å². The molecule has 182 valence electrons. The fourth-order valence-corrected chi connectivity index (χ4v) is 4.76. The molecule has 0 spiro atoms. The van der Waals surface area contributed by atoms with E-state index in [-0.39, 0.29) is 42.0 Å². The number of hydrogen-bond donors (Lipinski definition) is 0. The van der Waals surface area contributed by atoms with E-state index in [2.05, 4.69) is 33.9 Å². The van der Waals surface area contributed by atoms with Gasteiger partial charge in [0.25, 0.3) is 11.8 Å². The Balaban J connectivity index is 2.11. The van der Waals surface area contributed by atoms with Gasteiger partial charge in [-0.1, -0.05) is 32.9 Å². The molecule has 1 aromatic carbocycles. The molecular weight excluding hydrogens is 438 g/mol. The van der Waals surface area contributed by atoms with E-state index >= 15 is 0 Å². The van der Waals surface area contributed by atoms with Crippen molar-refractivity contribution >= 4 is 31.9 Å². The summed E-state index contributed by atoms with van der Waals surface area (Å²) in [5.41, 5.74) is 0.121. The standard InChI is InChI=1S/C25H37NO6Si/c1-24(2,3)31-21(28)16-17(27)15-18(32-33(7,8)25(4,5)6)13-14-26-22(29)19-11-9-10-12-20(19)23(26)30/h9-12,18H,13-16H2,1-8H3/t18-/m1/s1. The van der Waals surface area contributed by atoms with Crippen molar-refractivity contribution in [1.29, 1.82) is 0 Å². The van der Waals surface area contributed by atoms with Gasteiger partial charge in [-0.25, -0.2) is 0 Å². The molecule has 1 aromatic rings. The largest absolute Gasteiger partial charge is 0.460 e. The van der Waals surface area contributed by atoms with Gasteiger partial charge in [-0.15, -0.1) is 0 Å². The van der Waals surface area contributed by atoms with Gasteiger partial charge in [0, 0.05) is 13.0 Å². The zero-order valence-corrected chi connectivity index (χ0v) is 22.1. The van der Waals surface area contributed by atoms with E-state index in [0.29, 0.717) is 17.5 Å². The number of benzene rings is 1. The van der Waals surface area contributed by atoms with Crippen molar-refractivity contribution in [2.45, 2.75) is 90.6 Å². The second kappa shape index (κ2) is 9.89. The van der Waals surface area contributed by atoms with Crippen molar-refractivity contribution in [2.75, 3.05) is 6.54 Å². The lowest BCUT2D eigenvalue weighted by Crippen LogP contribution is -2.45. The SMILES string of the molecule is CC(C)(C)OC(=O)CC(=O)C[C@@H](CCN1C(=O)c2ccccc2C1=O)O[Si](C)(C)C(C)(C)C. The lowest BCUT2D eigenvalue weighted by Gasteiger charge is -2.39. The van der Waals surface area contributed by atoms with Crippen molar-refractivity contribution < 1.29 is 28.3 Å². The van der Waals surface area contributed by atoms with E-state index in [1.54, 1.807) is 45.0 Å². The monoisotopic (exact) mass is 475 g/mol. The van der Waals surface area contributed by atoms with Crippen molar-refractivity contribution in [2.24, 2.45) is 0 Å². The fraction of sp³-hybridized carbons (Fsp3) is 0.600. The quantitative estimate of drug-likeness (QED) is 0.221. The molecule has 1 heterocycles. The van der Waals surface area contributed by atoms with E-state index in [9.17, 15) is 19.2 Å². The summed E-state index contributed by atoms with van der Waals surface area (Å²) in [4.78, 5) is 51.4. The molecule has 1 aliphatic heterocycles. The number of carbonyl (C=O) groups is 4. The fourth-order valence-electron chi connectivity index (χ4n) is 3.38. The Kier molecular flexibility index (Phi) is 8.07. The third kappa shape index (κ3) is 7.08. The number of ketones is 1. The van der Waals surface area contributed by atoms with E-state index in [1.165, 1.54) is 4.90 Å². The van der Waals surface area contributed by atoms with Crippen LogP contribution in [0.1, 0.15) is 81.5 Å². The maximum Gasteiger partial charge on any atom is 0.313 e. The van der Waals surface area contributed by atoms with Crippen LogP contribution >= 0.6 is 0 Å². The Bertz CT molecular complexity index is 891. The normalized spacial score (nSPS) is 15.5. The molecule has 0 fully saturated rings. The van der Waals surface area contributed by atoms with Crippen LogP contribution in [0.3, 0.4) is 0 Å². The smallest absolute Gasteiger partial charge is 0.313 e. The number of hydrogen-bond acceptors (Lipinski definition) is 6. The first-order chi connectivity index (χ1) is 15.0. The van der Waals surface area contributed by atoms with Gasteiger partial charge in [0.1, 0.15) is 17.8 Å². The topological polar surface area (TPSA) is 90.0 Å². The Morgan fingerprint density at radius 3 is 1.94 bits per heavy atom. The third-order valence-corrected chi connectivity index (χ3v) is 10.6. The number of nitrogens with zero attached hydrogens (tertiary/aromatic N) is 1. The molecule has 0 aliphatic carbocycles. The van der Waals surface area contributed by atoms with Crippen molar-refractivity contribution in [3.8, 4) is 0 Å². The first-order valence-electron chi connectivity index (χ1n) is 11.4. The molecular formula is C25H37NO6Si. The lowest BCUT2D eigenvalue weighted by molar-refractivity contribution is -0.156. The zero-order chi connectivity index (χ0) is 25.2. The minimum absolute atomic E-state index is 0.0227. The molecule has 2 amide bonds. The summed E-state index contributed by atoms with van der Waals surface area (Å²) in [5, 5.41) is -0.0883. The highest BCUT2D eigenvalue weighted by molar-refractivity contribution is 6.74. The molecule has 8 heteroatoms. The van der Waals surface area contributed by atoms with Gasteiger partial charge in [0.2, 0.25) is 0 Å². The highest BCUT2D eigenvalue weighted by atomic mass is 28.4. The summed E-state index contributed by atoms with van der Waals surface area (Å²) in [5.74, 6) is -1.52. The summed E-state index contributed by atoms with van der Waals surface area (Å²) in [6, 6.07) is 6.74. The second-order valence-electron chi connectivity index (χ2n) is 11.1. The van der Waals surface area contributed by atoms with E-state index in [0.717, 1.165) is 0 Å². The third-order valence-electron chi connectivity index (χ3n) is 6.04. The molecule has 33 heavy (non-hydrogen) atoms. The van der Waals surface area contributed by atoms with Gasteiger partial charge in [0.05, 0.1) is 17.2 Å². The van der Waals surface area contributed by atoms with Gasteiger partial charge in [0.15, 0.2) is 8.32 Å². The molecule has 0 radical (unpaired) electrons. The molecule has 1 aliphatic rings. The maximum atomic E-state index is 12.7. The molecule has 0 bridgehead atoms. The number of esters is 1. The Morgan fingerprint density at radius 1 is 0.970 bits per heavy atom. The van der Waals surface area contributed by atoms with Crippen molar-refractivity contribution in [1.82, 2.24) is 4.90 Å². The average Bonchev–Trinajstić information content (AvgIpc) is 2.87. The van der Waals surface area contributed by atoms with E-state index in [4.69, 9.17) is 9.16 Å². The first-order valence-corrected chi connectivity index (χ1v) is 14.3. The van der Waals surface area contributed by atoms with Crippen LogP contribution in [-0.4, -0.2) is 55.0 Å². The average molecular weight is 476 g/mol. The van der Waals surface area contributed by atoms with Crippen molar-refractivity contribution in [3.05, 3.63) is 35.4 Å². The molecule has 0 unspecified atom stereocenters.